The lowest BCUT2D eigenvalue weighted by molar-refractivity contribution is -0.140. The van der Waals surface area contributed by atoms with Crippen molar-refractivity contribution < 1.29 is 18.8 Å². The van der Waals surface area contributed by atoms with E-state index in [1.165, 1.54) is 21.9 Å². The summed E-state index contributed by atoms with van der Waals surface area (Å²) in [7, 11) is 0. The fraction of sp³-hybridized carbons (Fsp3) is 0.242. The van der Waals surface area contributed by atoms with Gasteiger partial charge in [-0.05, 0) is 47.2 Å². The van der Waals surface area contributed by atoms with E-state index < -0.39 is 6.04 Å². The zero-order chi connectivity index (χ0) is 28.1. The van der Waals surface area contributed by atoms with Crippen molar-refractivity contribution in [3.05, 3.63) is 114 Å². The standard InChI is InChI=1S/C33H32FN3O3/c1-2-3-19-35-32(39)29(20-23-9-5-4-6-10-23)36(21-24-15-17-26(34)18-16-24)30(38)22-37-28-14-8-12-25-11-7-13-27(31(25)28)33(37)40/h4-18,29H,2-3,19-22H2,1H3,(H,35,39)/t29-/m1/s1. The normalized spacial score (nSPS) is 12.9. The molecule has 40 heavy (non-hydrogen) atoms. The molecule has 0 aliphatic carbocycles. The molecule has 1 aliphatic rings. The van der Waals surface area contributed by atoms with Gasteiger partial charge in [0.2, 0.25) is 11.8 Å². The van der Waals surface area contributed by atoms with Gasteiger partial charge >= 0.3 is 0 Å². The van der Waals surface area contributed by atoms with Gasteiger partial charge in [0.1, 0.15) is 18.4 Å². The summed E-state index contributed by atoms with van der Waals surface area (Å²) in [5.41, 5.74) is 2.83. The first-order valence-corrected chi connectivity index (χ1v) is 13.7. The van der Waals surface area contributed by atoms with Crippen LogP contribution in [-0.2, 0) is 22.6 Å². The molecule has 3 amide bonds. The third kappa shape index (κ3) is 5.73. The van der Waals surface area contributed by atoms with Gasteiger partial charge in [0.15, 0.2) is 0 Å². The molecule has 0 spiro atoms. The van der Waals surface area contributed by atoms with Crippen LogP contribution in [0, 0.1) is 5.82 Å². The first-order valence-electron chi connectivity index (χ1n) is 13.7. The summed E-state index contributed by atoms with van der Waals surface area (Å²) in [6.07, 6.45) is 2.04. The number of hydrogen-bond acceptors (Lipinski definition) is 3. The zero-order valence-corrected chi connectivity index (χ0v) is 22.5. The van der Waals surface area contributed by atoms with Crippen molar-refractivity contribution in [3.8, 4) is 0 Å². The van der Waals surface area contributed by atoms with Crippen LogP contribution in [0.15, 0.2) is 91.0 Å². The number of nitrogens with zero attached hydrogens (tertiary/aromatic N) is 2. The van der Waals surface area contributed by atoms with Gasteiger partial charge in [0, 0.05) is 30.5 Å². The first kappa shape index (κ1) is 27.1. The highest BCUT2D eigenvalue weighted by atomic mass is 19.1. The van der Waals surface area contributed by atoms with Crippen molar-refractivity contribution in [3.63, 3.8) is 0 Å². The Bertz CT molecular complexity index is 1520. The van der Waals surface area contributed by atoms with Crippen LogP contribution in [0.2, 0.25) is 0 Å². The van der Waals surface area contributed by atoms with E-state index in [1.807, 2.05) is 67.6 Å². The van der Waals surface area contributed by atoms with Crippen molar-refractivity contribution in [2.45, 2.75) is 38.8 Å². The Labute approximate surface area is 233 Å². The topological polar surface area (TPSA) is 69.7 Å². The molecule has 1 aliphatic heterocycles. The molecule has 5 rings (SSSR count). The zero-order valence-electron chi connectivity index (χ0n) is 22.5. The van der Waals surface area contributed by atoms with Gasteiger partial charge in [-0.3, -0.25) is 19.3 Å². The first-order chi connectivity index (χ1) is 19.5. The van der Waals surface area contributed by atoms with Gasteiger partial charge in [-0.25, -0.2) is 4.39 Å². The molecule has 7 heteroatoms. The van der Waals surface area contributed by atoms with E-state index >= 15 is 0 Å². The van der Waals surface area contributed by atoms with E-state index in [-0.39, 0.29) is 36.6 Å². The molecule has 6 nitrogen and oxygen atoms in total. The molecule has 0 saturated heterocycles. The molecule has 4 aromatic carbocycles. The SMILES string of the molecule is CCCCNC(=O)[C@@H](Cc1ccccc1)N(Cc1ccc(F)cc1)C(=O)CN1C(=O)c2cccc3cccc1c23. The molecule has 1 atom stereocenters. The van der Waals surface area contributed by atoms with Crippen LogP contribution in [0.1, 0.15) is 41.3 Å². The van der Waals surface area contributed by atoms with E-state index in [0.717, 1.165) is 29.2 Å². The third-order valence-corrected chi connectivity index (χ3v) is 7.31. The predicted molar refractivity (Wildman–Crippen MR) is 154 cm³/mol. The average Bonchev–Trinajstić information content (AvgIpc) is 3.24. The van der Waals surface area contributed by atoms with Gasteiger partial charge in [-0.2, -0.15) is 0 Å². The van der Waals surface area contributed by atoms with E-state index in [4.69, 9.17) is 0 Å². The van der Waals surface area contributed by atoms with Gasteiger partial charge in [0.05, 0.1) is 5.69 Å². The number of carbonyl (C=O) groups excluding carboxylic acids is 3. The highest BCUT2D eigenvalue weighted by Gasteiger charge is 2.35. The van der Waals surface area contributed by atoms with Crippen LogP contribution in [0.5, 0.6) is 0 Å². The van der Waals surface area contributed by atoms with E-state index in [9.17, 15) is 18.8 Å². The summed E-state index contributed by atoms with van der Waals surface area (Å²) >= 11 is 0. The minimum absolute atomic E-state index is 0.0942. The van der Waals surface area contributed by atoms with E-state index in [2.05, 4.69) is 5.32 Å². The molecule has 0 aromatic heterocycles. The average molecular weight is 538 g/mol. The molecule has 4 aromatic rings. The van der Waals surface area contributed by atoms with Crippen LogP contribution in [0.25, 0.3) is 10.8 Å². The number of carbonyl (C=O) groups is 3. The van der Waals surface area contributed by atoms with E-state index in [0.29, 0.717) is 29.8 Å². The number of unbranched alkanes of at least 4 members (excludes halogenated alkanes) is 1. The van der Waals surface area contributed by atoms with Crippen LogP contribution >= 0.6 is 0 Å². The minimum Gasteiger partial charge on any atom is -0.354 e. The number of nitrogens with one attached hydrogen (secondary N) is 1. The molecule has 0 fully saturated rings. The maximum atomic E-state index is 14.1. The molecule has 0 unspecified atom stereocenters. The van der Waals surface area contributed by atoms with Crippen LogP contribution in [0.4, 0.5) is 10.1 Å². The van der Waals surface area contributed by atoms with Crippen LogP contribution in [0.3, 0.4) is 0 Å². The largest absolute Gasteiger partial charge is 0.354 e. The van der Waals surface area contributed by atoms with Gasteiger partial charge < -0.3 is 10.2 Å². The Balaban J connectivity index is 1.49. The Morgan fingerprint density at radius 1 is 0.900 bits per heavy atom. The highest BCUT2D eigenvalue weighted by molar-refractivity contribution is 6.26. The van der Waals surface area contributed by atoms with Crippen LogP contribution in [-0.4, -0.2) is 41.8 Å². The predicted octanol–water partition coefficient (Wildman–Crippen LogP) is 5.50. The summed E-state index contributed by atoms with van der Waals surface area (Å²) in [5, 5.41) is 4.75. The number of anilines is 1. The van der Waals surface area contributed by atoms with Gasteiger partial charge in [-0.1, -0.05) is 80.1 Å². The molecule has 0 radical (unpaired) electrons. The fourth-order valence-corrected chi connectivity index (χ4v) is 5.21. The fourth-order valence-electron chi connectivity index (χ4n) is 5.21. The number of halogens is 1. The summed E-state index contributed by atoms with van der Waals surface area (Å²) in [6.45, 7) is 2.42. The second kappa shape index (κ2) is 12.1. The molecule has 0 bridgehead atoms. The lowest BCUT2D eigenvalue weighted by Crippen LogP contribution is -2.53. The van der Waals surface area contributed by atoms with Gasteiger partial charge in [-0.15, -0.1) is 0 Å². The summed E-state index contributed by atoms with van der Waals surface area (Å²) in [4.78, 5) is 44.2. The quantitative estimate of drug-likeness (QED) is 0.257. The molecule has 1 heterocycles. The number of hydrogen-bond donors (Lipinski definition) is 1. The molecule has 204 valence electrons. The minimum atomic E-state index is -0.826. The van der Waals surface area contributed by atoms with Crippen molar-refractivity contribution in [1.82, 2.24) is 10.2 Å². The molecular formula is C33H32FN3O3. The number of amides is 3. The molecular weight excluding hydrogens is 505 g/mol. The Kier molecular flexibility index (Phi) is 8.20. The number of benzene rings is 4. The Morgan fingerprint density at radius 2 is 1.62 bits per heavy atom. The monoisotopic (exact) mass is 537 g/mol. The van der Waals surface area contributed by atoms with Crippen molar-refractivity contribution in [2.75, 3.05) is 18.0 Å². The Hall–Kier alpha value is -4.52. The lowest BCUT2D eigenvalue weighted by Gasteiger charge is -2.33. The van der Waals surface area contributed by atoms with Gasteiger partial charge in [0.25, 0.3) is 5.91 Å². The second-order valence-electron chi connectivity index (χ2n) is 10.1. The summed E-state index contributed by atoms with van der Waals surface area (Å²) < 4.78 is 13.7. The Morgan fingerprint density at radius 3 is 2.35 bits per heavy atom. The van der Waals surface area contributed by atoms with Crippen LogP contribution < -0.4 is 10.2 Å². The van der Waals surface area contributed by atoms with E-state index in [1.54, 1.807) is 18.2 Å². The maximum Gasteiger partial charge on any atom is 0.259 e. The molecule has 1 N–H and O–H groups in total. The summed E-state index contributed by atoms with van der Waals surface area (Å²) in [6, 6.07) is 25.8. The highest BCUT2D eigenvalue weighted by Crippen LogP contribution is 2.37. The lowest BCUT2D eigenvalue weighted by atomic mass is 10.0. The maximum absolute atomic E-state index is 14.1. The molecule has 0 saturated carbocycles. The summed E-state index contributed by atoms with van der Waals surface area (Å²) in [5.74, 6) is -1.25. The van der Waals surface area contributed by atoms with Crippen molar-refractivity contribution in [2.24, 2.45) is 0 Å². The number of rotatable bonds is 11. The third-order valence-electron chi connectivity index (χ3n) is 7.31. The second-order valence-corrected chi connectivity index (χ2v) is 10.1. The van der Waals surface area contributed by atoms with Crippen molar-refractivity contribution >= 4 is 34.2 Å². The smallest absolute Gasteiger partial charge is 0.259 e. The van der Waals surface area contributed by atoms with Crippen molar-refractivity contribution in [1.29, 1.82) is 0 Å².